The fraction of sp³-hybridized carbons (Fsp3) is 0.440. The van der Waals surface area contributed by atoms with Crippen molar-refractivity contribution in [2.75, 3.05) is 19.7 Å². The summed E-state index contributed by atoms with van der Waals surface area (Å²) in [4.78, 5) is 25.9. The second-order valence-corrected chi connectivity index (χ2v) is 8.90. The van der Waals surface area contributed by atoms with Gasteiger partial charge >= 0.3 is 12.1 Å². The number of benzene rings is 2. The number of amides is 1. The zero-order valence-electron chi connectivity index (χ0n) is 17.0. The number of carbonyl (C=O) groups is 2. The number of aliphatic carboxylic acids is 1. The average molecular weight is 405 g/mol. The van der Waals surface area contributed by atoms with Crippen LogP contribution in [-0.2, 0) is 9.53 Å². The predicted octanol–water partition coefficient (Wildman–Crippen LogP) is 4.76. The Balaban J connectivity index is 1.26. The summed E-state index contributed by atoms with van der Waals surface area (Å²) in [6, 6.07) is 16.7. The first-order chi connectivity index (χ1) is 14.6. The molecule has 1 heterocycles. The van der Waals surface area contributed by atoms with E-state index in [-0.39, 0.29) is 30.3 Å². The molecule has 1 saturated carbocycles. The third-order valence-corrected chi connectivity index (χ3v) is 7.07. The van der Waals surface area contributed by atoms with Gasteiger partial charge in [0.05, 0.1) is 0 Å². The zero-order chi connectivity index (χ0) is 20.7. The Kier molecular flexibility index (Phi) is 4.97. The first kappa shape index (κ1) is 19.2. The van der Waals surface area contributed by atoms with Gasteiger partial charge in [-0.3, -0.25) is 4.79 Å². The van der Waals surface area contributed by atoms with Crippen LogP contribution in [0, 0.1) is 17.8 Å². The molecule has 1 saturated heterocycles. The maximum Gasteiger partial charge on any atom is 0.409 e. The first-order valence-electron chi connectivity index (χ1n) is 10.9. The lowest BCUT2D eigenvalue weighted by molar-refractivity contribution is -0.139. The molecule has 1 N–H and O–H groups in total. The summed E-state index contributed by atoms with van der Waals surface area (Å²) in [6.07, 6.45) is 2.99. The quantitative estimate of drug-likeness (QED) is 0.779. The highest BCUT2D eigenvalue weighted by Crippen LogP contribution is 2.46. The molecule has 3 aliphatic rings. The number of ether oxygens (including phenoxy) is 1. The lowest BCUT2D eigenvalue weighted by atomic mass is 9.80. The molecule has 2 aliphatic carbocycles. The van der Waals surface area contributed by atoms with Crippen molar-refractivity contribution >= 4 is 12.1 Å². The van der Waals surface area contributed by atoms with Crippen LogP contribution in [-0.4, -0.2) is 41.8 Å². The average Bonchev–Trinajstić information content (AvgIpc) is 3.55. The lowest BCUT2D eigenvalue weighted by Gasteiger charge is -2.38. The van der Waals surface area contributed by atoms with Crippen molar-refractivity contribution in [3.05, 3.63) is 59.7 Å². The van der Waals surface area contributed by atoms with Crippen LogP contribution in [0.3, 0.4) is 0 Å². The molecule has 5 nitrogen and oxygen atoms in total. The molecule has 5 heteroatoms. The number of rotatable bonds is 5. The summed E-state index contributed by atoms with van der Waals surface area (Å²) in [6.45, 7) is 1.53. The van der Waals surface area contributed by atoms with Gasteiger partial charge in [0, 0.05) is 25.4 Å². The molecule has 2 aromatic rings. The minimum absolute atomic E-state index is 0.0603. The fourth-order valence-corrected chi connectivity index (χ4v) is 5.42. The summed E-state index contributed by atoms with van der Waals surface area (Å²) in [5.74, 6) is 0.354. The van der Waals surface area contributed by atoms with Crippen LogP contribution in [0.1, 0.15) is 42.7 Å². The smallest absolute Gasteiger partial charge is 0.409 e. The van der Waals surface area contributed by atoms with Gasteiger partial charge in [0.1, 0.15) is 6.61 Å². The number of carboxylic acid groups (broad SMARTS) is 1. The molecule has 1 aliphatic heterocycles. The van der Waals surface area contributed by atoms with Crippen molar-refractivity contribution in [2.45, 2.75) is 31.6 Å². The van der Waals surface area contributed by atoms with Crippen molar-refractivity contribution in [1.82, 2.24) is 4.90 Å². The van der Waals surface area contributed by atoms with Crippen LogP contribution in [0.4, 0.5) is 4.79 Å². The highest BCUT2D eigenvalue weighted by atomic mass is 16.6. The molecule has 30 heavy (non-hydrogen) atoms. The molecule has 0 spiro atoms. The first-order valence-corrected chi connectivity index (χ1v) is 10.9. The van der Waals surface area contributed by atoms with E-state index in [2.05, 4.69) is 24.3 Å². The van der Waals surface area contributed by atoms with Crippen molar-refractivity contribution in [3.63, 3.8) is 0 Å². The summed E-state index contributed by atoms with van der Waals surface area (Å²) in [5, 5.41) is 9.22. The van der Waals surface area contributed by atoms with Crippen LogP contribution in [0.25, 0.3) is 11.1 Å². The third kappa shape index (κ3) is 3.57. The maximum absolute atomic E-state index is 12.9. The normalized spacial score (nSPS) is 23.0. The van der Waals surface area contributed by atoms with Gasteiger partial charge in [-0.05, 0) is 59.3 Å². The van der Waals surface area contributed by atoms with Gasteiger partial charge in [0.2, 0.25) is 0 Å². The van der Waals surface area contributed by atoms with Crippen LogP contribution in [0.5, 0.6) is 0 Å². The monoisotopic (exact) mass is 405 g/mol. The van der Waals surface area contributed by atoms with E-state index in [1.54, 1.807) is 4.90 Å². The van der Waals surface area contributed by atoms with E-state index < -0.39 is 5.97 Å². The van der Waals surface area contributed by atoms with Crippen molar-refractivity contribution in [2.24, 2.45) is 17.8 Å². The largest absolute Gasteiger partial charge is 0.481 e. The highest BCUT2D eigenvalue weighted by Gasteiger charge is 2.42. The third-order valence-electron chi connectivity index (χ3n) is 7.07. The molecule has 0 aromatic heterocycles. The highest BCUT2D eigenvalue weighted by molar-refractivity contribution is 5.79. The van der Waals surface area contributed by atoms with E-state index in [0.717, 1.165) is 19.3 Å². The van der Waals surface area contributed by atoms with Gasteiger partial charge in [0.25, 0.3) is 0 Å². The van der Waals surface area contributed by atoms with Crippen LogP contribution >= 0.6 is 0 Å². The van der Waals surface area contributed by atoms with Crippen molar-refractivity contribution < 1.29 is 19.4 Å². The number of likely N-dealkylation sites (tertiary alicyclic amines) is 1. The Morgan fingerprint density at radius 1 is 0.967 bits per heavy atom. The van der Waals surface area contributed by atoms with Gasteiger partial charge in [0.15, 0.2) is 0 Å². The van der Waals surface area contributed by atoms with E-state index in [1.165, 1.54) is 22.3 Å². The van der Waals surface area contributed by atoms with E-state index in [4.69, 9.17) is 4.74 Å². The molecule has 2 fully saturated rings. The second kappa shape index (κ2) is 7.78. The fourth-order valence-electron chi connectivity index (χ4n) is 5.42. The van der Waals surface area contributed by atoms with Crippen molar-refractivity contribution in [3.8, 4) is 11.1 Å². The van der Waals surface area contributed by atoms with Gasteiger partial charge < -0.3 is 14.7 Å². The molecule has 1 amide bonds. The Morgan fingerprint density at radius 3 is 2.20 bits per heavy atom. The van der Waals surface area contributed by atoms with E-state index in [1.807, 2.05) is 24.3 Å². The zero-order valence-corrected chi connectivity index (χ0v) is 17.0. The minimum Gasteiger partial charge on any atom is -0.481 e. The number of carbonyl (C=O) groups excluding carboxylic acids is 1. The van der Waals surface area contributed by atoms with Gasteiger partial charge in [-0.1, -0.05) is 48.5 Å². The summed E-state index contributed by atoms with van der Waals surface area (Å²) < 4.78 is 5.81. The number of piperidine rings is 1. The molecule has 0 bridgehead atoms. The molecule has 0 radical (unpaired) electrons. The Hall–Kier alpha value is -2.82. The van der Waals surface area contributed by atoms with Crippen molar-refractivity contribution in [1.29, 1.82) is 0 Å². The van der Waals surface area contributed by atoms with Crippen LogP contribution in [0.15, 0.2) is 48.5 Å². The van der Waals surface area contributed by atoms with Crippen LogP contribution < -0.4 is 0 Å². The molecule has 156 valence electrons. The number of fused-ring (bicyclic) bond motifs is 3. The topological polar surface area (TPSA) is 66.8 Å². The summed E-state index contributed by atoms with van der Waals surface area (Å²) in [7, 11) is 0. The van der Waals surface area contributed by atoms with E-state index in [9.17, 15) is 14.7 Å². The number of nitrogens with zero attached hydrogens (tertiary/aromatic N) is 1. The molecule has 0 unspecified atom stereocenters. The minimum atomic E-state index is -0.736. The molecular formula is C25H27NO4. The Labute approximate surface area is 176 Å². The van der Waals surface area contributed by atoms with Gasteiger partial charge in [-0.25, -0.2) is 4.79 Å². The standard InChI is InChI=1S/C25H27NO4/c27-24(28)13-17-11-12-26(14-22(17)16-9-10-16)25(29)30-15-23-20-7-3-1-5-18(20)19-6-2-4-8-21(19)23/h1-8,16-17,22-23H,9-15H2,(H,27,28)/t17-,22+/m0/s1. The lowest BCUT2D eigenvalue weighted by Crippen LogP contribution is -2.45. The van der Waals surface area contributed by atoms with E-state index >= 15 is 0 Å². The number of hydrogen-bond donors (Lipinski definition) is 1. The molecular weight excluding hydrogens is 378 g/mol. The number of hydrogen-bond acceptors (Lipinski definition) is 3. The predicted molar refractivity (Wildman–Crippen MR) is 113 cm³/mol. The second-order valence-electron chi connectivity index (χ2n) is 8.90. The Bertz CT molecular complexity index is 922. The molecule has 2 atom stereocenters. The maximum atomic E-state index is 12.9. The summed E-state index contributed by atoms with van der Waals surface area (Å²) >= 11 is 0. The van der Waals surface area contributed by atoms with E-state index in [0.29, 0.717) is 25.6 Å². The Morgan fingerprint density at radius 2 is 1.60 bits per heavy atom. The summed E-state index contributed by atoms with van der Waals surface area (Å²) in [5.41, 5.74) is 4.86. The molecule has 5 rings (SSSR count). The molecule has 2 aromatic carbocycles. The van der Waals surface area contributed by atoms with Gasteiger partial charge in [-0.15, -0.1) is 0 Å². The SMILES string of the molecule is O=C(O)C[C@@H]1CCN(C(=O)OCC2c3ccccc3-c3ccccc32)C[C@@H]1C1CC1. The number of carboxylic acids is 1. The van der Waals surface area contributed by atoms with Gasteiger partial charge in [-0.2, -0.15) is 0 Å². The van der Waals surface area contributed by atoms with Crippen LogP contribution in [0.2, 0.25) is 0 Å².